The number of likely N-dealkylation sites (N-methyl/N-ethyl adjacent to an activating group) is 1. The Hall–Kier alpha value is -1.73. The molecule has 4 rings (SSSR count). The molecule has 1 aliphatic heterocycles. The molecule has 2 fully saturated rings. The quantitative estimate of drug-likeness (QED) is 0.802. The lowest BCUT2D eigenvalue weighted by Crippen LogP contribution is -2.34. The molecule has 7 heteroatoms. The number of aryl methyl sites for hydroxylation is 1. The highest BCUT2D eigenvalue weighted by Gasteiger charge is 2.30. The Balaban J connectivity index is 1.30. The fraction of sp³-hybridized carbons (Fsp3) is 0.688. The van der Waals surface area contributed by atoms with Crippen LogP contribution in [0.4, 0.5) is 0 Å². The first kappa shape index (κ1) is 14.8. The summed E-state index contributed by atoms with van der Waals surface area (Å²) >= 11 is 0. The van der Waals surface area contributed by atoms with E-state index in [-0.39, 0.29) is 0 Å². The smallest absolute Gasteiger partial charge is 0.230 e. The summed E-state index contributed by atoms with van der Waals surface area (Å²) in [6.07, 6.45) is 7.43. The molecule has 1 unspecified atom stereocenters. The Kier molecular flexibility index (Phi) is 3.90. The van der Waals surface area contributed by atoms with Gasteiger partial charge in [0.1, 0.15) is 5.82 Å². The van der Waals surface area contributed by atoms with Crippen molar-refractivity contribution in [2.24, 2.45) is 7.05 Å². The van der Waals surface area contributed by atoms with Gasteiger partial charge in [0.2, 0.25) is 11.8 Å². The normalized spacial score (nSPS) is 22.3. The van der Waals surface area contributed by atoms with Crippen molar-refractivity contribution in [2.75, 3.05) is 20.1 Å². The molecule has 124 valence electrons. The molecular formula is C16H24N6O. The second-order valence-electron chi connectivity index (χ2n) is 6.86. The molecule has 1 aliphatic carbocycles. The second-order valence-corrected chi connectivity index (χ2v) is 6.86. The topological polar surface area (TPSA) is 63.2 Å². The summed E-state index contributed by atoms with van der Waals surface area (Å²) in [4.78, 5) is 9.22. The van der Waals surface area contributed by atoms with Crippen LogP contribution in [0.25, 0.3) is 0 Å². The first-order valence-electron chi connectivity index (χ1n) is 8.40. The van der Waals surface area contributed by atoms with Gasteiger partial charge in [0.05, 0.1) is 13.1 Å². The van der Waals surface area contributed by atoms with Gasteiger partial charge < -0.3 is 8.98 Å². The van der Waals surface area contributed by atoms with Crippen LogP contribution >= 0.6 is 0 Å². The van der Waals surface area contributed by atoms with E-state index in [9.17, 15) is 0 Å². The molecule has 2 aliphatic rings. The van der Waals surface area contributed by atoms with Gasteiger partial charge in [-0.15, -0.1) is 10.2 Å². The van der Waals surface area contributed by atoms with Crippen LogP contribution < -0.4 is 0 Å². The zero-order valence-electron chi connectivity index (χ0n) is 13.9. The van der Waals surface area contributed by atoms with Crippen LogP contribution in [-0.2, 0) is 20.1 Å². The van der Waals surface area contributed by atoms with Crippen molar-refractivity contribution in [1.82, 2.24) is 29.5 Å². The minimum Gasteiger partial charge on any atom is -0.424 e. The highest BCUT2D eigenvalue weighted by molar-refractivity contribution is 5.00. The van der Waals surface area contributed by atoms with E-state index in [1.54, 1.807) is 0 Å². The van der Waals surface area contributed by atoms with Gasteiger partial charge in [-0.2, -0.15) is 0 Å². The van der Waals surface area contributed by atoms with E-state index in [2.05, 4.69) is 43.6 Å². The predicted molar refractivity (Wildman–Crippen MR) is 84.6 cm³/mol. The summed E-state index contributed by atoms with van der Waals surface area (Å²) in [7, 11) is 4.20. The first-order chi connectivity index (χ1) is 11.2. The number of imidazole rings is 1. The number of hydrogen-bond donors (Lipinski definition) is 0. The Morgan fingerprint density at radius 2 is 2.17 bits per heavy atom. The number of likely N-dealkylation sites (tertiary alicyclic amines) is 1. The van der Waals surface area contributed by atoms with Crippen LogP contribution in [0, 0.1) is 0 Å². The van der Waals surface area contributed by atoms with E-state index < -0.39 is 0 Å². The summed E-state index contributed by atoms with van der Waals surface area (Å²) in [5.41, 5.74) is 0. The Morgan fingerprint density at radius 3 is 2.91 bits per heavy atom. The molecular weight excluding hydrogens is 292 g/mol. The predicted octanol–water partition coefficient (Wildman–Crippen LogP) is 1.39. The second kappa shape index (κ2) is 6.05. The van der Waals surface area contributed by atoms with Crippen LogP contribution in [0.3, 0.4) is 0 Å². The molecule has 2 aromatic rings. The van der Waals surface area contributed by atoms with Crippen molar-refractivity contribution in [3.8, 4) is 0 Å². The summed E-state index contributed by atoms with van der Waals surface area (Å²) in [6.45, 7) is 3.83. The number of nitrogens with zero attached hydrogens (tertiary/aromatic N) is 6. The number of aromatic nitrogens is 4. The number of hydrogen-bond acceptors (Lipinski definition) is 6. The third kappa shape index (κ3) is 3.30. The third-order valence-electron chi connectivity index (χ3n) is 4.95. The van der Waals surface area contributed by atoms with E-state index in [1.165, 1.54) is 19.3 Å². The van der Waals surface area contributed by atoms with Gasteiger partial charge in [0.15, 0.2) is 0 Å². The summed E-state index contributed by atoms with van der Waals surface area (Å²) in [5, 5.41) is 8.36. The van der Waals surface area contributed by atoms with Crippen molar-refractivity contribution >= 4 is 0 Å². The zero-order chi connectivity index (χ0) is 15.8. The molecule has 0 N–H and O–H groups in total. The van der Waals surface area contributed by atoms with Crippen molar-refractivity contribution in [3.05, 3.63) is 30.0 Å². The van der Waals surface area contributed by atoms with Gasteiger partial charge in [-0.3, -0.25) is 9.80 Å². The molecule has 0 aromatic carbocycles. The van der Waals surface area contributed by atoms with E-state index in [0.29, 0.717) is 12.0 Å². The molecule has 0 radical (unpaired) electrons. The van der Waals surface area contributed by atoms with Crippen molar-refractivity contribution in [3.63, 3.8) is 0 Å². The molecule has 1 atom stereocenters. The Bertz CT molecular complexity index is 661. The molecule has 23 heavy (non-hydrogen) atoms. The van der Waals surface area contributed by atoms with Crippen molar-refractivity contribution < 1.29 is 4.42 Å². The summed E-state index contributed by atoms with van der Waals surface area (Å²) in [6, 6.07) is 0.534. The molecule has 2 aromatic heterocycles. The molecule has 1 saturated heterocycles. The summed E-state index contributed by atoms with van der Waals surface area (Å²) in [5.74, 6) is 3.23. The molecule has 0 bridgehead atoms. The highest BCUT2D eigenvalue weighted by atomic mass is 16.4. The van der Waals surface area contributed by atoms with Gasteiger partial charge in [-0.25, -0.2) is 4.98 Å². The van der Waals surface area contributed by atoms with E-state index in [0.717, 1.165) is 43.8 Å². The van der Waals surface area contributed by atoms with Crippen LogP contribution in [0.15, 0.2) is 16.8 Å². The summed E-state index contributed by atoms with van der Waals surface area (Å²) < 4.78 is 7.87. The molecule has 3 heterocycles. The minimum atomic E-state index is 0.529. The Morgan fingerprint density at radius 1 is 1.30 bits per heavy atom. The fourth-order valence-corrected chi connectivity index (χ4v) is 3.23. The monoisotopic (exact) mass is 316 g/mol. The van der Waals surface area contributed by atoms with Crippen LogP contribution in [0.5, 0.6) is 0 Å². The standard InChI is InChI=1S/C16H24N6O/c1-20-8-6-17-14(20)10-22-7-5-13(9-22)21(2)11-15-18-19-16(23-15)12-3-4-12/h6,8,12-13H,3-5,7,9-11H2,1-2H3. The maximum Gasteiger partial charge on any atom is 0.230 e. The lowest BCUT2D eigenvalue weighted by atomic mass is 10.2. The molecule has 7 nitrogen and oxygen atoms in total. The van der Waals surface area contributed by atoms with Gasteiger partial charge in [-0.1, -0.05) is 0 Å². The highest BCUT2D eigenvalue weighted by Crippen LogP contribution is 2.39. The average Bonchev–Trinajstić information content (AvgIpc) is 2.94. The first-order valence-corrected chi connectivity index (χ1v) is 8.40. The van der Waals surface area contributed by atoms with Gasteiger partial charge in [0, 0.05) is 44.5 Å². The molecule has 0 amide bonds. The van der Waals surface area contributed by atoms with Crippen LogP contribution in [0.1, 0.15) is 42.8 Å². The van der Waals surface area contributed by atoms with Gasteiger partial charge >= 0.3 is 0 Å². The van der Waals surface area contributed by atoms with Crippen LogP contribution in [-0.4, -0.2) is 55.7 Å². The van der Waals surface area contributed by atoms with Crippen LogP contribution in [0.2, 0.25) is 0 Å². The van der Waals surface area contributed by atoms with E-state index in [1.807, 2.05) is 12.4 Å². The molecule has 0 spiro atoms. The Labute approximate surface area is 136 Å². The van der Waals surface area contributed by atoms with E-state index in [4.69, 9.17) is 4.42 Å². The lowest BCUT2D eigenvalue weighted by molar-refractivity contribution is 0.202. The third-order valence-corrected chi connectivity index (χ3v) is 4.95. The minimum absolute atomic E-state index is 0.529. The van der Waals surface area contributed by atoms with Gasteiger partial charge in [-0.05, 0) is 26.3 Å². The molecule has 1 saturated carbocycles. The van der Waals surface area contributed by atoms with Crippen molar-refractivity contribution in [1.29, 1.82) is 0 Å². The van der Waals surface area contributed by atoms with Crippen molar-refractivity contribution in [2.45, 2.75) is 44.3 Å². The average molecular weight is 316 g/mol. The van der Waals surface area contributed by atoms with E-state index >= 15 is 0 Å². The lowest BCUT2D eigenvalue weighted by Gasteiger charge is -2.23. The SMILES string of the molecule is CN(Cc1nnc(C2CC2)o1)C1CCN(Cc2nccn2C)C1. The van der Waals surface area contributed by atoms with Gasteiger partial charge in [0.25, 0.3) is 0 Å². The maximum absolute atomic E-state index is 5.77. The maximum atomic E-state index is 5.77. The number of rotatable bonds is 6. The largest absolute Gasteiger partial charge is 0.424 e. The zero-order valence-corrected chi connectivity index (χ0v) is 13.9. The fourth-order valence-electron chi connectivity index (χ4n) is 3.23.